The zero-order valence-corrected chi connectivity index (χ0v) is 10.4. The number of carbonyl (C=O) groups excluding carboxylic acids is 1. The number of amides is 2. The molecule has 8 heteroatoms. The van der Waals surface area contributed by atoms with E-state index in [1.165, 1.54) is 18.3 Å². The van der Waals surface area contributed by atoms with Gasteiger partial charge in [0.1, 0.15) is 5.82 Å². The molecule has 5 nitrogen and oxygen atoms in total. The summed E-state index contributed by atoms with van der Waals surface area (Å²) in [5, 5.41) is 11.0. The fraction of sp³-hybridized carbons (Fsp3) is 0.167. The highest BCUT2D eigenvalue weighted by Crippen LogP contribution is 2.30. The van der Waals surface area contributed by atoms with E-state index in [-0.39, 0.29) is 5.69 Å². The molecule has 1 aromatic carbocycles. The van der Waals surface area contributed by atoms with Gasteiger partial charge in [0.2, 0.25) is 0 Å². The number of aromatic amines is 1. The zero-order valence-electron chi connectivity index (χ0n) is 10.4. The fourth-order valence-electron chi connectivity index (χ4n) is 1.52. The minimum absolute atomic E-state index is 0.0505. The first kappa shape index (κ1) is 13.9. The maximum absolute atomic E-state index is 12.5. The Labute approximate surface area is 112 Å². The molecule has 0 bridgehead atoms. The maximum Gasteiger partial charge on any atom is 0.416 e. The second-order valence-electron chi connectivity index (χ2n) is 4.09. The number of hydrogen-bond acceptors (Lipinski definition) is 2. The van der Waals surface area contributed by atoms with Gasteiger partial charge in [-0.1, -0.05) is 6.07 Å². The summed E-state index contributed by atoms with van der Waals surface area (Å²) >= 11 is 0. The SMILES string of the molecule is Cc1cn[nH]c1NC(=O)Nc1cccc(C(F)(F)F)c1. The number of alkyl halides is 3. The Morgan fingerprint density at radius 3 is 2.65 bits per heavy atom. The summed E-state index contributed by atoms with van der Waals surface area (Å²) in [4.78, 5) is 11.6. The number of hydrogen-bond donors (Lipinski definition) is 3. The standard InChI is InChI=1S/C12H11F3N4O/c1-7-6-16-19-10(7)18-11(20)17-9-4-2-3-8(5-9)12(13,14)15/h2-6H,1H3,(H3,16,17,18,19,20). The van der Waals surface area contributed by atoms with Gasteiger partial charge in [-0.05, 0) is 25.1 Å². The Bertz CT molecular complexity index is 621. The van der Waals surface area contributed by atoms with Crippen molar-refractivity contribution >= 4 is 17.5 Å². The third-order valence-electron chi connectivity index (χ3n) is 2.52. The molecule has 0 atom stereocenters. The molecule has 2 rings (SSSR count). The highest BCUT2D eigenvalue weighted by molar-refractivity contribution is 5.99. The average molecular weight is 284 g/mol. The van der Waals surface area contributed by atoms with Crippen molar-refractivity contribution in [2.45, 2.75) is 13.1 Å². The van der Waals surface area contributed by atoms with Crippen molar-refractivity contribution in [3.05, 3.63) is 41.6 Å². The summed E-state index contributed by atoms with van der Waals surface area (Å²) in [6.07, 6.45) is -2.94. The summed E-state index contributed by atoms with van der Waals surface area (Å²) < 4.78 is 37.6. The Kier molecular flexibility index (Phi) is 3.64. The van der Waals surface area contributed by atoms with E-state index >= 15 is 0 Å². The van der Waals surface area contributed by atoms with Crippen LogP contribution >= 0.6 is 0 Å². The van der Waals surface area contributed by atoms with Crippen LogP contribution in [0.15, 0.2) is 30.5 Å². The van der Waals surface area contributed by atoms with E-state index in [2.05, 4.69) is 20.8 Å². The molecule has 0 fully saturated rings. The van der Waals surface area contributed by atoms with E-state index in [9.17, 15) is 18.0 Å². The second kappa shape index (κ2) is 5.24. The lowest BCUT2D eigenvalue weighted by Crippen LogP contribution is -2.20. The number of H-pyrrole nitrogens is 1. The van der Waals surface area contributed by atoms with Crippen LogP contribution in [0.4, 0.5) is 29.5 Å². The first-order valence-electron chi connectivity index (χ1n) is 5.61. The van der Waals surface area contributed by atoms with Crippen LogP contribution in [0.25, 0.3) is 0 Å². The Morgan fingerprint density at radius 1 is 1.30 bits per heavy atom. The number of nitrogens with one attached hydrogen (secondary N) is 3. The monoisotopic (exact) mass is 284 g/mol. The molecule has 0 saturated heterocycles. The molecule has 20 heavy (non-hydrogen) atoms. The highest BCUT2D eigenvalue weighted by Gasteiger charge is 2.30. The molecule has 0 aliphatic carbocycles. The number of carbonyl (C=O) groups is 1. The summed E-state index contributed by atoms with van der Waals surface area (Å²) in [5.41, 5.74) is -0.0632. The van der Waals surface area contributed by atoms with Gasteiger partial charge in [-0.25, -0.2) is 4.79 Å². The quantitative estimate of drug-likeness (QED) is 0.791. The molecule has 3 N–H and O–H groups in total. The molecule has 0 aliphatic heterocycles. The van der Waals surface area contributed by atoms with Crippen molar-refractivity contribution in [2.75, 3.05) is 10.6 Å². The van der Waals surface area contributed by atoms with Crippen molar-refractivity contribution in [3.8, 4) is 0 Å². The summed E-state index contributed by atoms with van der Waals surface area (Å²) in [7, 11) is 0. The zero-order chi connectivity index (χ0) is 14.8. The van der Waals surface area contributed by atoms with Gasteiger partial charge in [-0.3, -0.25) is 10.4 Å². The van der Waals surface area contributed by atoms with Crippen molar-refractivity contribution in [3.63, 3.8) is 0 Å². The van der Waals surface area contributed by atoms with Crippen molar-refractivity contribution in [1.29, 1.82) is 0 Å². The van der Waals surface area contributed by atoms with Gasteiger partial charge in [-0.15, -0.1) is 0 Å². The molecule has 0 unspecified atom stereocenters. The third kappa shape index (κ3) is 3.28. The molecule has 0 aliphatic rings. The van der Waals surface area contributed by atoms with E-state index in [0.29, 0.717) is 11.4 Å². The van der Waals surface area contributed by atoms with Gasteiger partial charge in [0.05, 0.1) is 11.8 Å². The largest absolute Gasteiger partial charge is 0.416 e. The topological polar surface area (TPSA) is 69.8 Å². The van der Waals surface area contributed by atoms with E-state index in [4.69, 9.17) is 0 Å². The van der Waals surface area contributed by atoms with Gasteiger partial charge < -0.3 is 5.32 Å². The highest BCUT2D eigenvalue weighted by atomic mass is 19.4. The van der Waals surface area contributed by atoms with Crippen LogP contribution < -0.4 is 10.6 Å². The van der Waals surface area contributed by atoms with Crippen molar-refractivity contribution in [1.82, 2.24) is 10.2 Å². The molecule has 0 spiro atoms. The molecule has 0 radical (unpaired) electrons. The smallest absolute Gasteiger partial charge is 0.308 e. The van der Waals surface area contributed by atoms with Crippen LogP contribution in [-0.2, 0) is 6.18 Å². The number of aromatic nitrogens is 2. The van der Waals surface area contributed by atoms with Crippen LogP contribution in [-0.4, -0.2) is 16.2 Å². The van der Waals surface area contributed by atoms with Gasteiger partial charge in [0.15, 0.2) is 0 Å². The average Bonchev–Trinajstić information content (AvgIpc) is 2.74. The van der Waals surface area contributed by atoms with E-state index in [0.717, 1.165) is 12.1 Å². The van der Waals surface area contributed by atoms with Crippen LogP contribution in [0, 0.1) is 6.92 Å². The summed E-state index contributed by atoms with van der Waals surface area (Å²) in [5.74, 6) is 0.384. The van der Waals surface area contributed by atoms with E-state index in [1.54, 1.807) is 6.92 Å². The molecular formula is C12H11F3N4O. The number of anilines is 2. The number of aryl methyl sites for hydroxylation is 1. The lowest BCUT2D eigenvalue weighted by molar-refractivity contribution is -0.137. The minimum atomic E-state index is -4.45. The lowest BCUT2D eigenvalue weighted by Gasteiger charge is -2.10. The molecule has 0 saturated carbocycles. The Balaban J connectivity index is 2.07. The van der Waals surface area contributed by atoms with Crippen LogP contribution in [0.2, 0.25) is 0 Å². The normalized spacial score (nSPS) is 11.2. The number of benzene rings is 1. The van der Waals surface area contributed by atoms with Crippen LogP contribution in [0.1, 0.15) is 11.1 Å². The van der Waals surface area contributed by atoms with Crippen LogP contribution in [0.5, 0.6) is 0 Å². The number of rotatable bonds is 2. The molecule has 1 heterocycles. The molecule has 2 aromatic rings. The second-order valence-corrected chi connectivity index (χ2v) is 4.09. The molecule has 2 amide bonds. The van der Waals surface area contributed by atoms with Crippen molar-refractivity contribution < 1.29 is 18.0 Å². The van der Waals surface area contributed by atoms with E-state index < -0.39 is 17.8 Å². The number of urea groups is 1. The fourth-order valence-corrected chi connectivity index (χ4v) is 1.52. The third-order valence-corrected chi connectivity index (χ3v) is 2.52. The van der Waals surface area contributed by atoms with Crippen LogP contribution in [0.3, 0.4) is 0 Å². The number of halogens is 3. The lowest BCUT2D eigenvalue weighted by atomic mass is 10.2. The van der Waals surface area contributed by atoms with Gasteiger partial charge in [-0.2, -0.15) is 18.3 Å². The predicted octanol–water partition coefficient (Wildman–Crippen LogP) is 3.38. The van der Waals surface area contributed by atoms with Gasteiger partial charge >= 0.3 is 12.2 Å². The summed E-state index contributed by atoms with van der Waals surface area (Å²) in [6, 6.07) is 3.73. The Hall–Kier alpha value is -2.51. The maximum atomic E-state index is 12.5. The first-order valence-corrected chi connectivity index (χ1v) is 5.61. The minimum Gasteiger partial charge on any atom is -0.308 e. The molecular weight excluding hydrogens is 273 g/mol. The van der Waals surface area contributed by atoms with Gasteiger partial charge in [0.25, 0.3) is 0 Å². The first-order chi connectivity index (χ1) is 9.36. The summed E-state index contributed by atoms with van der Waals surface area (Å²) in [6.45, 7) is 1.73. The van der Waals surface area contributed by atoms with Gasteiger partial charge in [0, 0.05) is 11.3 Å². The predicted molar refractivity (Wildman–Crippen MR) is 67.4 cm³/mol. The van der Waals surface area contributed by atoms with Crippen molar-refractivity contribution in [2.24, 2.45) is 0 Å². The number of nitrogens with zero attached hydrogens (tertiary/aromatic N) is 1. The Morgan fingerprint density at radius 2 is 2.05 bits per heavy atom. The molecule has 1 aromatic heterocycles. The van der Waals surface area contributed by atoms with E-state index in [1.807, 2.05) is 0 Å². The molecule has 106 valence electrons.